The second-order valence-corrected chi connectivity index (χ2v) is 13.7. The summed E-state index contributed by atoms with van der Waals surface area (Å²) in [6.45, 7) is 3.16. The van der Waals surface area contributed by atoms with Gasteiger partial charge in [-0.1, -0.05) is 41.4 Å². The maximum atomic E-state index is 13.8. The summed E-state index contributed by atoms with van der Waals surface area (Å²) in [5.41, 5.74) is 1.35. The van der Waals surface area contributed by atoms with E-state index in [4.69, 9.17) is 23.2 Å². The standard InChI is InChI=1S/C30H35Cl2N7O4S/c1-19-27(35-29(41)26-23(31)10-6-11-24(26)32)28(37-36-19)30(42)34-20-13-16-39(17-14-20)44(4,43)22-9-5-8-21(18-22)33-25(40)12-7-15-38(2)3/h5-12,18,20H,4,13-17H2,1-3H3,(H,33,40)(H,34,42)(H,35,41)(H,36,37)/b12-7+. The maximum Gasteiger partial charge on any atom is 0.274 e. The average Bonchev–Trinajstić information content (AvgIpc) is 3.33. The molecule has 44 heavy (non-hydrogen) atoms. The molecule has 234 valence electrons. The smallest absolute Gasteiger partial charge is 0.274 e. The van der Waals surface area contributed by atoms with Crippen LogP contribution in [0.15, 0.2) is 59.5 Å². The Morgan fingerprint density at radius 3 is 2.41 bits per heavy atom. The molecule has 0 saturated carbocycles. The van der Waals surface area contributed by atoms with Crippen molar-refractivity contribution in [1.29, 1.82) is 0 Å². The van der Waals surface area contributed by atoms with Crippen LogP contribution in [0.1, 0.15) is 39.4 Å². The van der Waals surface area contributed by atoms with Gasteiger partial charge in [-0.2, -0.15) is 5.10 Å². The summed E-state index contributed by atoms with van der Waals surface area (Å²) < 4.78 is 15.6. The number of carbonyl (C=O) groups is 3. The summed E-state index contributed by atoms with van der Waals surface area (Å²) in [7, 11) is 0.973. The van der Waals surface area contributed by atoms with Crippen LogP contribution in [0, 0.1) is 6.92 Å². The van der Waals surface area contributed by atoms with Gasteiger partial charge in [0.15, 0.2) is 5.69 Å². The molecule has 4 N–H and O–H groups in total. The minimum atomic E-state index is -2.84. The number of carbonyl (C=O) groups excluding carboxylic acids is 3. The summed E-state index contributed by atoms with van der Waals surface area (Å²) >= 11 is 12.3. The lowest BCUT2D eigenvalue weighted by Crippen LogP contribution is -2.46. The zero-order valence-corrected chi connectivity index (χ0v) is 27.0. The van der Waals surface area contributed by atoms with Crippen molar-refractivity contribution in [3.63, 3.8) is 0 Å². The van der Waals surface area contributed by atoms with E-state index < -0.39 is 21.5 Å². The first kappa shape index (κ1) is 33.2. The normalized spacial score (nSPS) is 15.7. The highest BCUT2D eigenvalue weighted by atomic mass is 35.5. The van der Waals surface area contributed by atoms with Gasteiger partial charge in [0.2, 0.25) is 5.91 Å². The van der Waals surface area contributed by atoms with Crippen molar-refractivity contribution >= 4 is 67.9 Å². The van der Waals surface area contributed by atoms with Crippen molar-refractivity contribution < 1.29 is 18.6 Å². The number of rotatable bonds is 10. The van der Waals surface area contributed by atoms with Crippen molar-refractivity contribution in [3.05, 3.63) is 81.6 Å². The van der Waals surface area contributed by atoms with Gasteiger partial charge in [-0.3, -0.25) is 19.5 Å². The number of aromatic amines is 1. The molecular weight excluding hydrogens is 625 g/mol. The van der Waals surface area contributed by atoms with Crippen LogP contribution in [0.4, 0.5) is 11.4 Å². The number of aryl methyl sites for hydroxylation is 1. The number of halogens is 2. The number of nitrogens with one attached hydrogen (secondary N) is 4. The predicted molar refractivity (Wildman–Crippen MR) is 176 cm³/mol. The second-order valence-electron chi connectivity index (χ2n) is 10.6. The van der Waals surface area contributed by atoms with Crippen LogP contribution in [0.25, 0.3) is 0 Å². The van der Waals surface area contributed by atoms with Gasteiger partial charge in [-0.05, 0) is 70.1 Å². The molecule has 1 aromatic heterocycles. The van der Waals surface area contributed by atoms with Crippen LogP contribution >= 0.6 is 23.2 Å². The molecule has 0 spiro atoms. The average molecular weight is 661 g/mol. The lowest BCUT2D eigenvalue weighted by Gasteiger charge is -2.34. The number of hydrogen-bond donors (Lipinski definition) is 4. The Bertz CT molecular complexity index is 1660. The minimum Gasteiger partial charge on any atom is -0.348 e. The molecule has 1 fully saturated rings. The van der Waals surface area contributed by atoms with Crippen molar-refractivity contribution in [2.75, 3.05) is 44.4 Å². The molecule has 0 bridgehead atoms. The van der Waals surface area contributed by atoms with E-state index >= 15 is 0 Å². The molecule has 1 unspecified atom stereocenters. The Labute approximate surface area is 267 Å². The Hall–Kier alpha value is -3.68. The molecule has 2 aromatic carbocycles. The monoisotopic (exact) mass is 659 g/mol. The molecule has 0 radical (unpaired) electrons. The number of piperidine rings is 1. The largest absolute Gasteiger partial charge is 0.348 e. The first-order valence-electron chi connectivity index (χ1n) is 13.8. The van der Waals surface area contributed by atoms with E-state index in [1.165, 1.54) is 6.08 Å². The SMILES string of the molecule is C=S(=O)(c1cccc(NC(=O)/C=C/CN(C)C)c1)N1CCC(NC(=O)c2n[nH]c(C)c2NC(=O)c2c(Cl)cccc2Cl)CC1. The van der Waals surface area contributed by atoms with Crippen LogP contribution in [0.5, 0.6) is 0 Å². The number of anilines is 2. The highest BCUT2D eigenvalue weighted by Gasteiger charge is 2.29. The first-order chi connectivity index (χ1) is 20.9. The molecule has 1 saturated heterocycles. The number of amides is 3. The van der Waals surface area contributed by atoms with Crippen molar-refractivity contribution in [3.8, 4) is 0 Å². The molecule has 1 aliphatic heterocycles. The van der Waals surface area contributed by atoms with Gasteiger partial charge in [0.25, 0.3) is 11.8 Å². The van der Waals surface area contributed by atoms with Gasteiger partial charge in [0.05, 0.1) is 36.7 Å². The number of nitrogens with zero attached hydrogens (tertiary/aromatic N) is 3. The van der Waals surface area contributed by atoms with Gasteiger partial charge in [0.1, 0.15) is 0 Å². The van der Waals surface area contributed by atoms with E-state index in [2.05, 4.69) is 32.0 Å². The van der Waals surface area contributed by atoms with E-state index in [9.17, 15) is 18.6 Å². The molecule has 0 aliphatic carbocycles. The van der Waals surface area contributed by atoms with Gasteiger partial charge in [0, 0.05) is 42.3 Å². The topological polar surface area (TPSA) is 140 Å². The quantitative estimate of drug-likeness (QED) is 0.190. The molecule has 1 atom stereocenters. The molecule has 4 rings (SSSR count). The number of aromatic nitrogens is 2. The molecular formula is C30H35Cl2N7O4S. The van der Waals surface area contributed by atoms with Gasteiger partial charge in [-0.25, -0.2) is 8.51 Å². The number of likely N-dealkylation sites (N-methyl/N-ethyl adjacent to an activating group) is 1. The molecule has 3 aromatic rings. The van der Waals surface area contributed by atoms with Gasteiger partial charge in [-0.15, -0.1) is 0 Å². The highest BCUT2D eigenvalue weighted by molar-refractivity contribution is 7.98. The van der Waals surface area contributed by atoms with Crippen LogP contribution in [-0.4, -0.2) is 87.0 Å². The van der Waals surface area contributed by atoms with Crippen molar-refractivity contribution in [2.24, 2.45) is 0 Å². The summed E-state index contributed by atoms with van der Waals surface area (Å²) in [5.74, 6) is 2.71. The predicted octanol–water partition coefficient (Wildman–Crippen LogP) is 4.22. The lowest BCUT2D eigenvalue weighted by atomic mass is 10.1. The minimum absolute atomic E-state index is 0.0258. The summed E-state index contributed by atoms with van der Waals surface area (Å²) in [6, 6.07) is 11.4. The van der Waals surface area contributed by atoms with Crippen LogP contribution in [0.3, 0.4) is 0 Å². The van der Waals surface area contributed by atoms with E-state index in [0.717, 1.165) is 0 Å². The summed E-state index contributed by atoms with van der Waals surface area (Å²) in [5, 5.41) is 15.7. The third-order valence-corrected chi connectivity index (χ3v) is 9.83. The summed E-state index contributed by atoms with van der Waals surface area (Å²) in [6.07, 6.45) is 4.26. The fourth-order valence-electron chi connectivity index (χ4n) is 4.66. The molecule has 1 aliphatic rings. The Morgan fingerprint density at radius 2 is 1.75 bits per heavy atom. The Kier molecular flexibility index (Phi) is 10.9. The molecule has 2 heterocycles. The van der Waals surface area contributed by atoms with Crippen LogP contribution in [0.2, 0.25) is 10.0 Å². The van der Waals surface area contributed by atoms with Crippen LogP contribution in [-0.2, 0) is 14.5 Å². The van der Waals surface area contributed by atoms with Crippen molar-refractivity contribution in [2.45, 2.75) is 30.7 Å². The highest BCUT2D eigenvalue weighted by Crippen LogP contribution is 2.27. The van der Waals surface area contributed by atoms with E-state index in [1.807, 2.05) is 19.0 Å². The molecule has 3 amide bonds. The number of hydrogen-bond acceptors (Lipinski definition) is 6. The second kappa shape index (κ2) is 14.4. The van der Waals surface area contributed by atoms with Crippen LogP contribution < -0.4 is 16.0 Å². The molecule has 11 nitrogen and oxygen atoms in total. The molecule has 14 heteroatoms. The third-order valence-electron chi connectivity index (χ3n) is 7.01. The zero-order valence-electron chi connectivity index (χ0n) is 24.7. The fraction of sp³-hybridized carbons (Fsp3) is 0.300. The Morgan fingerprint density at radius 1 is 1.09 bits per heavy atom. The Balaban J connectivity index is 1.36. The lowest BCUT2D eigenvalue weighted by molar-refractivity contribution is -0.111. The fourth-order valence-corrected chi connectivity index (χ4v) is 6.93. The number of H-pyrrole nitrogens is 1. The summed E-state index contributed by atoms with van der Waals surface area (Å²) in [4.78, 5) is 40.8. The van der Waals surface area contributed by atoms with Crippen molar-refractivity contribution in [1.82, 2.24) is 24.7 Å². The van der Waals surface area contributed by atoms with Gasteiger partial charge >= 0.3 is 0 Å². The zero-order chi connectivity index (χ0) is 32.0. The van der Waals surface area contributed by atoms with E-state index in [-0.39, 0.29) is 38.9 Å². The van der Waals surface area contributed by atoms with Gasteiger partial charge < -0.3 is 20.9 Å². The maximum absolute atomic E-state index is 13.8. The first-order valence-corrected chi connectivity index (χ1v) is 16.3. The van der Waals surface area contributed by atoms with E-state index in [1.54, 1.807) is 59.8 Å². The third kappa shape index (κ3) is 8.07. The van der Waals surface area contributed by atoms with E-state index in [0.29, 0.717) is 48.8 Å². The number of benzene rings is 2.